The summed E-state index contributed by atoms with van der Waals surface area (Å²) in [7, 11) is 2.06. The lowest BCUT2D eigenvalue weighted by Crippen LogP contribution is -2.42. The number of allylic oxidation sites excluding steroid dienone is 1. The van der Waals surface area contributed by atoms with Crippen LogP contribution in [0.5, 0.6) is 0 Å². The van der Waals surface area contributed by atoms with Crippen LogP contribution in [0.25, 0.3) is 5.57 Å². The minimum Gasteiger partial charge on any atom is -0.365 e. The Kier molecular flexibility index (Phi) is 4.88. The van der Waals surface area contributed by atoms with Crippen LogP contribution >= 0.6 is 11.6 Å². The van der Waals surface area contributed by atoms with Crippen molar-refractivity contribution in [3.05, 3.63) is 70.3 Å². The molecule has 4 nitrogen and oxygen atoms in total. The quantitative estimate of drug-likeness (QED) is 0.629. The zero-order chi connectivity index (χ0) is 18.9. The number of carbonyl (C=O) groups excluding carboxylic acids is 1. The fraction of sp³-hybridized carbons (Fsp3) is 0.238. The third-order valence-electron chi connectivity index (χ3n) is 4.74. The SMILES string of the molecule is CC1=CC(C)(C)N(C)c2cc(Cl)c(/C=N\NC(=O)c3ccccc3)cc21. The van der Waals surface area contributed by atoms with Gasteiger partial charge in [0.25, 0.3) is 5.91 Å². The summed E-state index contributed by atoms with van der Waals surface area (Å²) in [6.07, 6.45) is 3.82. The summed E-state index contributed by atoms with van der Waals surface area (Å²) in [5.41, 5.74) is 7.19. The summed E-state index contributed by atoms with van der Waals surface area (Å²) < 4.78 is 0. The van der Waals surface area contributed by atoms with E-state index in [2.05, 4.69) is 49.3 Å². The number of halogens is 1. The minimum atomic E-state index is -0.256. The maximum atomic E-state index is 12.0. The van der Waals surface area contributed by atoms with E-state index < -0.39 is 0 Å². The zero-order valence-corrected chi connectivity index (χ0v) is 16.1. The third kappa shape index (κ3) is 3.51. The number of hydrogen-bond donors (Lipinski definition) is 1. The molecule has 0 aromatic heterocycles. The number of benzene rings is 2. The summed E-state index contributed by atoms with van der Waals surface area (Å²) in [4.78, 5) is 14.3. The molecule has 0 fully saturated rings. The van der Waals surface area contributed by atoms with Gasteiger partial charge in [0, 0.05) is 29.4 Å². The highest BCUT2D eigenvalue weighted by atomic mass is 35.5. The van der Waals surface area contributed by atoms with E-state index in [-0.39, 0.29) is 11.4 Å². The van der Waals surface area contributed by atoms with E-state index in [1.807, 2.05) is 30.3 Å². The number of rotatable bonds is 3. The first-order valence-corrected chi connectivity index (χ1v) is 8.83. The molecule has 1 aliphatic heterocycles. The predicted octanol–water partition coefficient (Wildman–Crippen LogP) is 4.74. The largest absolute Gasteiger partial charge is 0.365 e. The first-order valence-electron chi connectivity index (χ1n) is 8.45. The lowest BCUT2D eigenvalue weighted by atomic mass is 9.88. The molecular weight excluding hydrogens is 346 g/mol. The fourth-order valence-corrected chi connectivity index (χ4v) is 3.31. The van der Waals surface area contributed by atoms with Gasteiger partial charge in [0.05, 0.1) is 16.8 Å². The Morgan fingerprint density at radius 3 is 2.62 bits per heavy atom. The molecule has 2 aromatic rings. The van der Waals surface area contributed by atoms with Crippen molar-refractivity contribution in [2.24, 2.45) is 5.10 Å². The molecule has 26 heavy (non-hydrogen) atoms. The molecule has 0 bridgehead atoms. The van der Waals surface area contributed by atoms with Crippen LogP contribution in [0.2, 0.25) is 5.02 Å². The summed E-state index contributed by atoms with van der Waals surface area (Å²) >= 11 is 6.45. The monoisotopic (exact) mass is 367 g/mol. The van der Waals surface area contributed by atoms with Gasteiger partial charge in [-0.1, -0.05) is 35.9 Å². The van der Waals surface area contributed by atoms with Gasteiger partial charge in [-0.2, -0.15) is 5.10 Å². The summed E-state index contributed by atoms with van der Waals surface area (Å²) in [5, 5.41) is 4.65. The molecule has 134 valence electrons. The highest BCUT2D eigenvalue weighted by Crippen LogP contribution is 2.40. The van der Waals surface area contributed by atoms with Gasteiger partial charge in [0.2, 0.25) is 0 Å². The van der Waals surface area contributed by atoms with E-state index in [0.29, 0.717) is 10.6 Å². The predicted molar refractivity (Wildman–Crippen MR) is 109 cm³/mol. The molecule has 0 spiro atoms. The first-order chi connectivity index (χ1) is 12.3. The van der Waals surface area contributed by atoms with Gasteiger partial charge in [-0.3, -0.25) is 4.79 Å². The van der Waals surface area contributed by atoms with Crippen LogP contribution in [0.3, 0.4) is 0 Å². The van der Waals surface area contributed by atoms with Gasteiger partial charge >= 0.3 is 0 Å². The first kappa shape index (κ1) is 18.2. The molecule has 0 radical (unpaired) electrons. The highest BCUT2D eigenvalue weighted by molar-refractivity contribution is 6.33. The van der Waals surface area contributed by atoms with Crippen molar-refractivity contribution < 1.29 is 4.79 Å². The average Bonchev–Trinajstić information content (AvgIpc) is 2.61. The molecule has 1 N–H and O–H groups in total. The summed E-state index contributed by atoms with van der Waals surface area (Å²) in [5.74, 6) is -0.256. The summed E-state index contributed by atoms with van der Waals surface area (Å²) in [6, 6.07) is 12.9. The zero-order valence-electron chi connectivity index (χ0n) is 15.4. The lowest BCUT2D eigenvalue weighted by Gasteiger charge is -2.40. The van der Waals surface area contributed by atoms with Crippen molar-refractivity contribution in [2.45, 2.75) is 26.3 Å². The molecule has 0 unspecified atom stereocenters. The molecule has 5 heteroatoms. The molecule has 0 saturated heterocycles. The second-order valence-electron chi connectivity index (χ2n) is 7.00. The van der Waals surface area contributed by atoms with E-state index in [1.54, 1.807) is 18.3 Å². The van der Waals surface area contributed by atoms with Gasteiger partial charge < -0.3 is 4.90 Å². The maximum Gasteiger partial charge on any atom is 0.271 e. The van der Waals surface area contributed by atoms with Gasteiger partial charge in [0.15, 0.2) is 0 Å². The van der Waals surface area contributed by atoms with Crippen LogP contribution in [-0.4, -0.2) is 24.7 Å². The molecule has 1 heterocycles. The molecule has 0 saturated carbocycles. The smallest absolute Gasteiger partial charge is 0.271 e. The van der Waals surface area contributed by atoms with Crippen LogP contribution in [0.15, 0.2) is 53.6 Å². The number of fused-ring (bicyclic) bond motifs is 1. The molecule has 1 aliphatic rings. The van der Waals surface area contributed by atoms with Crippen LogP contribution < -0.4 is 10.3 Å². The fourth-order valence-electron chi connectivity index (χ4n) is 3.10. The van der Waals surface area contributed by atoms with E-state index in [4.69, 9.17) is 11.6 Å². The molecule has 1 amide bonds. The Balaban J connectivity index is 1.84. The number of hydrogen-bond acceptors (Lipinski definition) is 3. The lowest BCUT2D eigenvalue weighted by molar-refractivity contribution is 0.0955. The Labute approximate surface area is 159 Å². The molecule has 0 atom stereocenters. The standard InChI is InChI=1S/C21H22ClN3O/c1-14-12-21(2,3)25(4)19-11-18(22)16(10-17(14)19)13-23-24-20(26)15-8-6-5-7-9-15/h5-13H,1-4H3,(H,24,26)/b23-13-. The Hall–Kier alpha value is -2.59. The Morgan fingerprint density at radius 2 is 1.92 bits per heavy atom. The maximum absolute atomic E-state index is 12.0. The van der Waals surface area contributed by atoms with E-state index in [0.717, 1.165) is 16.8 Å². The van der Waals surface area contributed by atoms with Gasteiger partial charge in [-0.25, -0.2) is 5.43 Å². The third-order valence-corrected chi connectivity index (χ3v) is 5.07. The second-order valence-corrected chi connectivity index (χ2v) is 7.40. The normalized spacial score (nSPS) is 15.6. The Morgan fingerprint density at radius 1 is 1.23 bits per heavy atom. The van der Waals surface area contributed by atoms with E-state index in [9.17, 15) is 4.79 Å². The van der Waals surface area contributed by atoms with E-state index >= 15 is 0 Å². The number of likely N-dealkylation sites (N-methyl/N-ethyl adjacent to an activating group) is 1. The number of nitrogens with one attached hydrogen (secondary N) is 1. The van der Waals surface area contributed by atoms with Crippen molar-refractivity contribution in [1.82, 2.24) is 5.43 Å². The van der Waals surface area contributed by atoms with Crippen LogP contribution in [-0.2, 0) is 0 Å². The number of carbonyl (C=O) groups is 1. The average molecular weight is 368 g/mol. The topological polar surface area (TPSA) is 44.7 Å². The number of anilines is 1. The van der Waals surface area contributed by atoms with Crippen LogP contribution in [0.1, 0.15) is 42.3 Å². The van der Waals surface area contributed by atoms with Crippen molar-refractivity contribution >= 4 is 35.0 Å². The summed E-state index contributed by atoms with van der Waals surface area (Å²) in [6.45, 7) is 6.43. The van der Waals surface area contributed by atoms with Crippen molar-refractivity contribution in [3.8, 4) is 0 Å². The second kappa shape index (κ2) is 6.96. The molecule has 3 rings (SSSR count). The number of amides is 1. The van der Waals surface area contributed by atoms with Gasteiger partial charge in [0.1, 0.15) is 0 Å². The molecule has 2 aromatic carbocycles. The van der Waals surface area contributed by atoms with Crippen molar-refractivity contribution in [3.63, 3.8) is 0 Å². The van der Waals surface area contributed by atoms with Gasteiger partial charge in [-0.15, -0.1) is 0 Å². The highest BCUT2D eigenvalue weighted by Gasteiger charge is 2.29. The number of hydrazone groups is 1. The van der Waals surface area contributed by atoms with Crippen molar-refractivity contribution in [1.29, 1.82) is 0 Å². The number of nitrogens with zero attached hydrogens (tertiary/aromatic N) is 2. The van der Waals surface area contributed by atoms with E-state index in [1.165, 1.54) is 5.57 Å². The molecular formula is C21H22ClN3O. The van der Waals surface area contributed by atoms with Crippen molar-refractivity contribution in [2.75, 3.05) is 11.9 Å². The van der Waals surface area contributed by atoms with Crippen LogP contribution in [0.4, 0.5) is 5.69 Å². The van der Waals surface area contributed by atoms with Gasteiger partial charge in [-0.05, 0) is 50.6 Å². The molecule has 0 aliphatic carbocycles. The Bertz CT molecular complexity index is 901. The minimum absolute atomic E-state index is 0.0698. The van der Waals surface area contributed by atoms with Crippen LogP contribution in [0, 0.1) is 0 Å².